The lowest BCUT2D eigenvalue weighted by Crippen LogP contribution is -2.27. The third-order valence-corrected chi connectivity index (χ3v) is 5.03. The minimum atomic E-state index is 0.0612. The highest BCUT2D eigenvalue weighted by atomic mass is 32.1. The van der Waals surface area contributed by atoms with Crippen molar-refractivity contribution in [3.05, 3.63) is 63.4 Å². The number of nitrogens with zero attached hydrogens (tertiary/aromatic N) is 2. The van der Waals surface area contributed by atoms with E-state index in [4.69, 9.17) is 4.42 Å². The second-order valence-electron chi connectivity index (χ2n) is 6.31. The number of aromatic nitrogens is 1. The zero-order chi connectivity index (χ0) is 18.0. The number of rotatable bonds is 5. The van der Waals surface area contributed by atoms with Gasteiger partial charge in [-0.2, -0.15) is 0 Å². The molecular formula is C20H22N2O2S. The number of carbonyl (C=O) groups is 1. The lowest BCUT2D eigenvalue weighted by Gasteiger charge is -2.15. The van der Waals surface area contributed by atoms with E-state index in [9.17, 15) is 4.79 Å². The molecule has 0 aliphatic rings. The Morgan fingerprint density at radius 1 is 1.12 bits per heavy atom. The van der Waals surface area contributed by atoms with Crippen molar-refractivity contribution in [2.24, 2.45) is 0 Å². The summed E-state index contributed by atoms with van der Waals surface area (Å²) in [5.74, 6) is 1.72. The highest BCUT2D eigenvalue weighted by Crippen LogP contribution is 2.29. The van der Waals surface area contributed by atoms with E-state index in [0.29, 0.717) is 13.0 Å². The van der Waals surface area contributed by atoms with Crippen molar-refractivity contribution in [2.75, 3.05) is 7.05 Å². The fourth-order valence-electron chi connectivity index (χ4n) is 2.69. The quantitative estimate of drug-likeness (QED) is 0.676. The average Bonchev–Trinajstić information content (AvgIpc) is 3.13. The summed E-state index contributed by atoms with van der Waals surface area (Å²) in [4.78, 5) is 20.0. The van der Waals surface area contributed by atoms with Gasteiger partial charge >= 0.3 is 0 Å². The molecule has 2 aromatic heterocycles. The summed E-state index contributed by atoms with van der Waals surface area (Å²) in [6.45, 7) is 6.42. The maximum Gasteiger partial charge on any atom is 0.228 e. The molecular weight excluding hydrogens is 332 g/mol. The topological polar surface area (TPSA) is 46.3 Å². The molecule has 0 radical (unpaired) electrons. The molecule has 4 nitrogen and oxygen atoms in total. The molecule has 5 heteroatoms. The van der Waals surface area contributed by atoms with Gasteiger partial charge in [-0.15, -0.1) is 11.3 Å². The normalized spacial score (nSPS) is 10.9. The van der Waals surface area contributed by atoms with Crippen molar-refractivity contribution < 1.29 is 9.21 Å². The van der Waals surface area contributed by atoms with Crippen LogP contribution in [0.2, 0.25) is 0 Å². The van der Waals surface area contributed by atoms with E-state index >= 15 is 0 Å². The van der Waals surface area contributed by atoms with Gasteiger partial charge in [0.05, 0.1) is 23.7 Å². The summed E-state index contributed by atoms with van der Waals surface area (Å²) in [6.07, 6.45) is 0.352. The smallest absolute Gasteiger partial charge is 0.228 e. The molecule has 0 atom stereocenters. The van der Waals surface area contributed by atoms with Crippen LogP contribution < -0.4 is 0 Å². The van der Waals surface area contributed by atoms with Gasteiger partial charge in [-0.3, -0.25) is 4.79 Å². The fraction of sp³-hybridized carbons (Fsp3) is 0.300. The number of furan rings is 1. The maximum atomic E-state index is 12.6. The Bertz CT molecular complexity index is 877. The van der Waals surface area contributed by atoms with Gasteiger partial charge in [-0.05, 0) is 32.9 Å². The van der Waals surface area contributed by atoms with Crippen molar-refractivity contribution >= 4 is 17.2 Å². The number of hydrogen-bond donors (Lipinski definition) is 0. The maximum absolute atomic E-state index is 12.6. The van der Waals surface area contributed by atoms with E-state index in [0.717, 1.165) is 32.7 Å². The van der Waals surface area contributed by atoms with Crippen molar-refractivity contribution in [1.29, 1.82) is 0 Å². The van der Waals surface area contributed by atoms with Crippen LogP contribution in [-0.4, -0.2) is 22.8 Å². The Labute approximate surface area is 152 Å². The third kappa shape index (κ3) is 4.17. The van der Waals surface area contributed by atoms with Crippen molar-refractivity contribution in [3.8, 4) is 11.3 Å². The van der Waals surface area contributed by atoms with Crippen LogP contribution in [0.1, 0.15) is 27.0 Å². The number of aryl methyl sites for hydroxylation is 3. The molecule has 2 heterocycles. The Kier molecular flexibility index (Phi) is 5.04. The summed E-state index contributed by atoms with van der Waals surface area (Å²) in [7, 11) is 1.81. The molecule has 0 spiro atoms. The molecule has 0 unspecified atom stereocenters. The molecule has 1 aromatic carbocycles. The van der Waals surface area contributed by atoms with E-state index < -0.39 is 0 Å². The second kappa shape index (κ2) is 7.23. The van der Waals surface area contributed by atoms with Crippen molar-refractivity contribution in [3.63, 3.8) is 0 Å². The van der Waals surface area contributed by atoms with Crippen LogP contribution in [0.3, 0.4) is 0 Å². The predicted molar refractivity (Wildman–Crippen MR) is 101 cm³/mol. The molecule has 0 N–H and O–H groups in total. The molecule has 0 aliphatic carbocycles. The number of hydrogen-bond acceptors (Lipinski definition) is 4. The Hall–Kier alpha value is -2.40. The fourth-order valence-corrected chi connectivity index (χ4v) is 3.64. The molecule has 1 amide bonds. The van der Waals surface area contributed by atoms with Gasteiger partial charge in [-0.1, -0.05) is 29.8 Å². The van der Waals surface area contributed by atoms with Crippen LogP contribution in [0.25, 0.3) is 11.3 Å². The lowest BCUT2D eigenvalue weighted by molar-refractivity contribution is -0.129. The third-order valence-electron chi connectivity index (χ3n) is 4.06. The first kappa shape index (κ1) is 17.4. The molecule has 130 valence electrons. The first-order valence-corrected chi connectivity index (χ1v) is 9.06. The standard InChI is InChI=1S/C20H22N2O2S/c1-13-5-8-16(9-6-13)20-18(25-15(3)21-20)11-19(23)22(4)12-17-10-7-14(2)24-17/h5-10H,11-12H2,1-4H3. The second-order valence-corrected chi connectivity index (χ2v) is 7.60. The van der Waals surface area contributed by atoms with Crippen LogP contribution >= 0.6 is 11.3 Å². The number of benzene rings is 1. The van der Waals surface area contributed by atoms with Crippen LogP contribution in [0.5, 0.6) is 0 Å². The minimum absolute atomic E-state index is 0.0612. The van der Waals surface area contributed by atoms with Gasteiger partial charge in [0.1, 0.15) is 11.5 Å². The summed E-state index contributed by atoms with van der Waals surface area (Å²) >= 11 is 1.59. The van der Waals surface area contributed by atoms with Gasteiger partial charge in [-0.25, -0.2) is 4.98 Å². The van der Waals surface area contributed by atoms with E-state index in [2.05, 4.69) is 36.2 Å². The van der Waals surface area contributed by atoms with E-state index in [-0.39, 0.29) is 5.91 Å². The number of amides is 1. The number of thiazole rings is 1. The summed E-state index contributed by atoms with van der Waals surface area (Å²) < 4.78 is 5.56. The number of carbonyl (C=O) groups excluding carboxylic acids is 1. The number of likely N-dealkylation sites (N-methyl/N-ethyl adjacent to an activating group) is 1. The van der Waals surface area contributed by atoms with E-state index in [1.165, 1.54) is 5.56 Å². The Morgan fingerprint density at radius 2 is 1.84 bits per heavy atom. The molecule has 0 fully saturated rings. The largest absolute Gasteiger partial charge is 0.464 e. The summed E-state index contributed by atoms with van der Waals surface area (Å²) in [5, 5.41) is 0.975. The lowest BCUT2D eigenvalue weighted by atomic mass is 10.1. The van der Waals surface area contributed by atoms with Crippen molar-refractivity contribution in [2.45, 2.75) is 33.7 Å². The highest BCUT2D eigenvalue weighted by molar-refractivity contribution is 7.12. The van der Waals surface area contributed by atoms with E-state index in [1.807, 2.05) is 26.0 Å². The van der Waals surface area contributed by atoms with Gasteiger partial charge in [0.25, 0.3) is 0 Å². The van der Waals surface area contributed by atoms with Gasteiger partial charge in [0.15, 0.2) is 0 Å². The molecule has 0 saturated heterocycles. The first-order chi connectivity index (χ1) is 11.9. The summed E-state index contributed by atoms with van der Waals surface area (Å²) in [6, 6.07) is 12.1. The Morgan fingerprint density at radius 3 is 2.48 bits per heavy atom. The molecule has 0 saturated carbocycles. The predicted octanol–water partition coefficient (Wildman–Crippen LogP) is 4.53. The van der Waals surface area contributed by atoms with E-state index in [1.54, 1.807) is 23.3 Å². The minimum Gasteiger partial charge on any atom is -0.464 e. The van der Waals surface area contributed by atoms with Crippen LogP contribution in [-0.2, 0) is 17.8 Å². The van der Waals surface area contributed by atoms with Crippen molar-refractivity contribution in [1.82, 2.24) is 9.88 Å². The average molecular weight is 354 g/mol. The summed E-state index contributed by atoms with van der Waals surface area (Å²) in [5.41, 5.74) is 3.18. The first-order valence-electron chi connectivity index (χ1n) is 8.25. The SMILES string of the molecule is Cc1ccc(-c2nc(C)sc2CC(=O)N(C)Cc2ccc(C)o2)cc1. The molecule has 3 rings (SSSR count). The zero-order valence-electron chi connectivity index (χ0n) is 15.0. The zero-order valence-corrected chi connectivity index (χ0v) is 15.8. The highest BCUT2D eigenvalue weighted by Gasteiger charge is 2.18. The van der Waals surface area contributed by atoms with Gasteiger partial charge < -0.3 is 9.32 Å². The van der Waals surface area contributed by atoms with Crippen LogP contribution in [0, 0.1) is 20.8 Å². The van der Waals surface area contributed by atoms with Gasteiger partial charge in [0.2, 0.25) is 5.91 Å². The molecule has 0 bridgehead atoms. The van der Waals surface area contributed by atoms with Gasteiger partial charge in [0, 0.05) is 17.5 Å². The van der Waals surface area contributed by atoms with Crippen LogP contribution in [0.15, 0.2) is 40.8 Å². The molecule has 3 aromatic rings. The van der Waals surface area contributed by atoms with Crippen LogP contribution in [0.4, 0.5) is 0 Å². The Balaban J connectivity index is 1.76. The molecule has 0 aliphatic heterocycles. The molecule has 25 heavy (non-hydrogen) atoms. The monoisotopic (exact) mass is 354 g/mol.